The van der Waals surface area contributed by atoms with E-state index in [4.69, 9.17) is 14.9 Å². The quantitative estimate of drug-likeness (QED) is 0.520. The van der Waals surface area contributed by atoms with Crippen LogP contribution in [0.25, 0.3) is 0 Å². The molecule has 1 saturated heterocycles. The fourth-order valence-corrected chi connectivity index (χ4v) is 1.67. The molecule has 1 aromatic rings. The molecule has 19 heavy (non-hydrogen) atoms. The molecule has 1 aromatic carbocycles. The molecule has 0 saturated carbocycles. The van der Waals surface area contributed by atoms with Crippen molar-refractivity contribution < 1.29 is 34.7 Å². The summed E-state index contributed by atoms with van der Waals surface area (Å²) in [4.78, 5) is 11.6. The van der Waals surface area contributed by atoms with E-state index in [1.165, 1.54) is 24.3 Å². The Kier molecular flexibility index (Phi) is 3.72. The summed E-state index contributed by atoms with van der Waals surface area (Å²) in [7, 11) is 0. The van der Waals surface area contributed by atoms with Crippen molar-refractivity contribution in [1.29, 1.82) is 0 Å². The molecule has 0 amide bonds. The maximum absolute atomic E-state index is 11.6. The number of aromatic hydroxyl groups is 1. The van der Waals surface area contributed by atoms with Crippen molar-refractivity contribution in [3.05, 3.63) is 29.8 Å². The molecule has 1 heterocycles. The lowest BCUT2D eigenvalue weighted by molar-refractivity contribution is -0.129. The van der Waals surface area contributed by atoms with E-state index in [0.717, 1.165) is 0 Å². The third-order valence-electron chi connectivity index (χ3n) is 2.88. The Labute approximate surface area is 108 Å². The maximum Gasteiger partial charge on any atom is 0.338 e. The summed E-state index contributed by atoms with van der Waals surface area (Å²) < 4.78 is 9.52. The molecular formula is C12H14O7. The summed E-state index contributed by atoms with van der Waals surface area (Å²) in [6.07, 6.45) is -3.04. The average Bonchev–Trinajstić information content (AvgIpc) is 2.66. The van der Waals surface area contributed by atoms with Crippen LogP contribution >= 0.6 is 0 Å². The minimum Gasteiger partial charge on any atom is -0.508 e. The van der Waals surface area contributed by atoms with Crippen molar-refractivity contribution in [1.82, 2.24) is 0 Å². The van der Waals surface area contributed by atoms with Crippen LogP contribution < -0.4 is 0 Å². The van der Waals surface area contributed by atoms with Crippen LogP contribution in [0, 0.1) is 0 Å². The SMILES string of the molecule is O=C(OC[C@@]1(O)CO[C@@H](O)[C@@H]1O)c1ccc(O)cc1. The Bertz CT molecular complexity index is 458. The number of aliphatic hydroxyl groups excluding tert-OH is 2. The smallest absolute Gasteiger partial charge is 0.338 e. The Balaban J connectivity index is 1.95. The number of ether oxygens (including phenoxy) is 2. The first-order valence-electron chi connectivity index (χ1n) is 5.59. The van der Waals surface area contributed by atoms with Crippen molar-refractivity contribution in [2.75, 3.05) is 13.2 Å². The molecule has 0 radical (unpaired) electrons. The van der Waals surface area contributed by atoms with Crippen molar-refractivity contribution in [3.8, 4) is 5.75 Å². The van der Waals surface area contributed by atoms with Gasteiger partial charge in [-0.25, -0.2) is 4.79 Å². The van der Waals surface area contributed by atoms with Gasteiger partial charge < -0.3 is 29.9 Å². The van der Waals surface area contributed by atoms with Gasteiger partial charge >= 0.3 is 5.97 Å². The molecular weight excluding hydrogens is 256 g/mol. The lowest BCUT2D eigenvalue weighted by Crippen LogP contribution is -2.48. The second kappa shape index (κ2) is 5.14. The minimum absolute atomic E-state index is 0.0120. The number of hydrogen-bond acceptors (Lipinski definition) is 7. The number of hydrogen-bond donors (Lipinski definition) is 4. The van der Waals surface area contributed by atoms with E-state index in [9.17, 15) is 15.0 Å². The highest BCUT2D eigenvalue weighted by atomic mass is 16.6. The van der Waals surface area contributed by atoms with Crippen LogP contribution in [0.4, 0.5) is 0 Å². The third-order valence-corrected chi connectivity index (χ3v) is 2.88. The fourth-order valence-electron chi connectivity index (χ4n) is 1.67. The molecule has 1 fully saturated rings. The van der Waals surface area contributed by atoms with Crippen molar-refractivity contribution in [2.24, 2.45) is 0 Å². The monoisotopic (exact) mass is 270 g/mol. The molecule has 7 heteroatoms. The summed E-state index contributed by atoms with van der Waals surface area (Å²) in [5.74, 6) is -0.708. The number of carbonyl (C=O) groups is 1. The summed E-state index contributed by atoms with van der Waals surface area (Å²) >= 11 is 0. The van der Waals surface area contributed by atoms with Gasteiger partial charge in [0, 0.05) is 0 Å². The molecule has 7 nitrogen and oxygen atoms in total. The standard InChI is InChI=1S/C12H14O7/c13-8-3-1-7(2-4-8)10(15)18-5-12(17)6-19-11(16)9(12)14/h1-4,9,11,13-14,16-17H,5-6H2/t9-,11+,12+/m0/s1. The zero-order valence-electron chi connectivity index (χ0n) is 9.89. The van der Waals surface area contributed by atoms with Crippen LogP contribution in [0.1, 0.15) is 10.4 Å². The largest absolute Gasteiger partial charge is 0.508 e. The normalized spacial score (nSPS) is 30.3. The number of benzene rings is 1. The van der Waals surface area contributed by atoms with E-state index in [1.54, 1.807) is 0 Å². The Hall–Kier alpha value is -1.67. The first-order chi connectivity index (χ1) is 8.92. The number of aliphatic hydroxyl groups is 3. The summed E-state index contributed by atoms with van der Waals surface area (Å²) in [5, 5.41) is 37.6. The van der Waals surface area contributed by atoms with E-state index in [-0.39, 0.29) is 17.9 Å². The summed E-state index contributed by atoms with van der Waals surface area (Å²) in [6, 6.07) is 5.36. The van der Waals surface area contributed by atoms with Crippen molar-refractivity contribution in [3.63, 3.8) is 0 Å². The van der Waals surface area contributed by atoms with Gasteiger partial charge in [-0.15, -0.1) is 0 Å². The second-order valence-electron chi connectivity index (χ2n) is 4.37. The van der Waals surface area contributed by atoms with Gasteiger partial charge in [0.1, 0.15) is 18.5 Å². The molecule has 2 rings (SSSR count). The van der Waals surface area contributed by atoms with Gasteiger partial charge in [0.25, 0.3) is 0 Å². The lowest BCUT2D eigenvalue weighted by Gasteiger charge is -2.24. The maximum atomic E-state index is 11.6. The predicted molar refractivity (Wildman–Crippen MR) is 61.3 cm³/mol. The Morgan fingerprint density at radius 3 is 2.53 bits per heavy atom. The minimum atomic E-state index is -1.83. The Morgan fingerprint density at radius 2 is 2.00 bits per heavy atom. The number of esters is 1. The molecule has 0 aromatic heterocycles. The van der Waals surface area contributed by atoms with Crippen LogP contribution in [-0.2, 0) is 9.47 Å². The summed E-state index contributed by atoms with van der Waals surface area (Å²) in [5.41, 5.74) is -1.64. The van der Waals surface area contributed by atoms with E-state index < -0.39 is 30.6 Å². The molecule has 0 bridgehead atoms. The number of rotatable bonds is 3. The molecule has 4 N–H and O–H groups in total. The van der Waals surface area contributed by atoms with E-state index in [2.05, 4.69) is 4.74 Å². The van der Waals surface area contributed by atoms with Gasteiger partial charge in [-0.2, -0.15) is 0 Å². The number of phenols is 1. The molecule has 1 aliphatic heterocycles. The van der Waals surface area contributed by atoms with Gasteiger partial charge in [0.2, 0.25) is 0 Å². The van der Waals surface area contributed by atoms with Gasteiger partial charge in [0.15, 0.2) is 11.9 Å². The summed E-state index contributed by atoms with van der Waals surface area (Å²) in [6.45, 7) is -0.844. The van der Waals surface area contributed by atoms with Crippen LogP contribution in [0.3, 0.4) is 0 Å². The third kappa shape index (κ3) is 2.85. The molecule has 0 unspecified atom stereocenters. The highest BCUT2D eigenvalue weighted by Gasteiger charge is 2.48. The van der Waals surface area contributed by atoms with Crippen LogP contribution in [0.15, 0.2) is 24.3 Å². The van der Waals surface area contributed by atoms with E-state index in [1.807, 2.05) is 0 Å². The first kappa shape index (κ1) is 13.8. The molecule has 0 aliphatic carbocycles. The zero-order valence-corrected chi connectivity index (χ0v) is 9.89. The fraction of sp³-hybridized carbons (Fsp3) is 0.417. The predicted octanol–water partition coefficient (Wildman–Crippen LogP) is -1.01. The Morgan fingerprint density at radius 1 is 1.37 bits per heavy atom. The van der Waals surface area contributed by atoms with Gasteiger partial charge in [0.05, 0.1) is 12.2 Å². The number of carbonyl (C=O) groups excluding carboxylic acids is 1. The van der Waals surface area contributed by atoms with Crippen LogP contribution in [0.2, 0.25) is 0 Å². The van der Waals surface area contributed by atoms with E-state index >= 15 is 0 Å². The van der Waals surface area contributed by atoms with Gasteiger partial charge in [-0.3, -0.25) is 0 Å². The molecule has 104 valence electrons. The second-order valence-corrected chi connectivity index (χ2v) is 4.37. The highest BCUT2D eigenvalue weighted by molar-refractivity contribution is 5.89. The molecule has 0 spiro atoms. The lowest BCUT2D eigenvalue weighted by atomic mass is 10.0. The van der Waals surface area contributed by atoms with Gasteiger partial charge in [-0.05, 0) is 24.3 Å². The van der Waals surface area contributed by atoms with Gasteiger partial charge in [-0.1, -0.05) is 0 Å². The molecule has 1 aliphatic rings. The first-order valence-corrected chi connectivity index (χ1v) is 5.59. The highest BCUT2D eigenvalue weighted by Crippen LogP contribution is 2.24. The van der Waals surface area contributed by atoms with E-state index in [0.29, 0.717) is 0 Å². The molecule has 3 atom stereocenters. The number of phenolic OH excluding ortho intramolecular Hbond substituents is 1. The average molecular weight is 270 g/mol. The van der Waals surface area contributed by atoms with Crippen molar-refractivity contribution >= 4 is 5.97 Å². The topological polar surface area (TPSA) is 116 Å². The van der Waals surface area contributed by atoms with Crippen molar-refractivity contribution in [2.45, 2.75) is 18.0 Å². The zero-order chi connectivity index (χ0) is 14.0. The van der Waals surface area contributed by atoms with Crippen LogP contribution in [0.5, 0.6) is 5.75 Å². The van der Waals surface area contributed by atoms with Crippen LogP contribution in [-0.4, -0.2) is 57.6 Å².